The number of aromatic nitrogens is 2. The van der Waals surface area contributed by atoms with Gasteiger partial charge in [-0.15, -0.1) is 0 Å². The predicted molar refractivity (Wildman–Crippen MR) is 106 cm³/mol. The topological polar surface area (TPSA) is 67.5 Å². The lowest BCUT2D eigenvalue weighted by Crippen LogP contribution is -2.22. The van der Waals surface area contributed by atoms with Crippen LogP contribution < -0.4 is 4.74 Å². The molecule has 0 bridgehead atoms. The van der Waals surface area contributed by atoms with Gasteiger partial charge in [0.25, 0.3) is 0 Å². The van der Waals surface area contributed by atoms with Crippen LogP contribution in [0.15, 0.2) is 54.6 Å². The second-order valence-electron chi connectivity index (χ2n) is 6.63. The molecule has 0 saturated carbocycles. The summed E-state index contributed by atoms with van der Waals surface area (Å²) in [5.41, 5.74) is 2.05. The van der Waals surface area contributed by atoms with Crippen molar-refractivity contribution in [2.75, 3.05) is 13.7 Å². The molecule has 1 atom stereocenters. The molecule has 0 aliphatic carbocycles. The van der Waals surface area contributed by atoms with Crippen molar-refractivity contribution in [3.63, 3.8) is 0 Å². The summed E-state index contributed by atoms with van der Waals surface area (Å²) in [4.78, 5) is 0. The molecule has 2 N–H and O–H groups in total. The van der Waals surface area contributed by atoms with Gasteiger partial charge in [-0.2, -0.15) is 5.10 Å². The molecule has 1 heterocycles. The molecule has 0 saturated heterocycles. The van der Waals surface area contributed by atoms with E-state index in [4.69, 9.17) is 21.4 Å². The summed E-state index contributed by atoms with van der Waals surface area (Å²) in [7, 11) is 1.62. The molecule has 3 aromatic rings. The normalized spacial score (nSPS) is 13.4. The molecule has 0 radical (unpaired) electrons. The Morgan fingerprint density at radius 1 is 1.11 bits per heavy atom. The third-order valence-electron chi connectivity index (χ3n) is 4.54. The van der Waals surface area contributed by atoms with Gasteiger partial charge in [0.2, 0.25) is 0 Å². The minimum Gasteiger partial charge on any atom is -0.497 e. The Labute approximate surface area is 163 Å². The van der Waals surface area contributed by atoms with Crippen molar-refractivity contribution >= 4 is 11.6 Å². The molecule has 1 unspecified atom stereocenters. The van der Waals surface area contributed by atoms with Crippen LogP contribution in [-0.2, 0) is 5.60 Å². The van der Waals surface area contributed by atoms with Gasteiger partial charge in [0.15, 0.2) is 0 Å². The Balaban J connectivity index is 2.09. The third-order valence-corrected chi connectivity index (χ3v) is 4.79. The molecule has 0 aliphatic rings. The zero-order valence-electron chi connectivity index (χ0n) is 15.4. The maximum atomic E-state index is 10.8. The molecular formula is C21H23ClN2O3. The van der Waals surface area contributed by atoms with Crippen molar-refractivity contribution in [3.05, 3.63) is 65.3 Å². The number of rotatable bonds is 7. The van der Waals surface area contributed by atoms with Crippen LogP contribution >= 0.6 is 11.6 Å². The molecule has 6 heteroatoms. The Bertz CT molecular complexity index is 887. The van der Waals surface area contributed by atoms with Gasteiger partial charge in [-0.3, -0.25) is 0 Å². The highest BCUT2D eigenvalue weighted by molar-refractivity contribution is 6.30. The third kappa shape index (κ3) is 4.33. The molecule has 27 heavy (non-hydrogen) atoms. The fourth-order valence-corrected chi connectivity index (χ4v) is 3.07. The molecule has 0 aliphatic heterocycles. The number of halogens is 1. The van der Waals surface area contributed by atoms with Gasteiger partial charge in [-0.1, -0.05) is 23.7 Å². The van der Waals surface area contributed by atoms with E-state index in [0.717, 1.165) is 22.7 Å². The van der Waals surface area contributed by atoms with Gasteiger partial charge in [-0.25, -0.2) is 4.68 Å². The summed E-state index contributed by atoms with van der Waals surface area (Å²) in [6, 6.07) is 16.9. The number of ether oxygens (including phenoxy) is 1. The van der Waals surface area contributed by atoms with E-state index in [1.165, 1.54) is 0 Å². The largest absolute Gasteiger partial charge is 0.497 e. The number of benzene rings is 2. The average Bonchev–Trinajstić information content (AvgIpc) is 3.13. The average molecular weight is 387 g/mol. The Morgan fingerprint density at radius 3 is 2.37 bits per heavy atom. The number of aliphatic hydroxyl groups excluding tert-OH is 1. The second-order valence-corrected chi connectivity index (χ2v) is 7.07. The first-order valence-corrected chi connectivity index (χ1v) is 9.16. The lowest BCUT2D eigenvalue weighted by Gasteiger charge is -2.20. The lowest BCUT2D eigenvalue weighted by molar-refractivity contribution is 0.0357. The Kier molecular flexibility index (Phi) is 5.85. The van der Waals surface area contributed by atoms with Crippen LogP contribution in [0.4, 0.5) is 0 Å². The summed E-state index contributed by atoms with van der Waals surface area (Å²) in [6.07, 6.45) is 0.919. The van der Waals surface area contributed by atoms with E-state index >= 15 is 0 Å². The van der Waals surface area contributed by atoms with E-state index in [2.05, 4.69) is 5.10 Å². The summed E-state index contributed by atoms with van der Waals surface area (Å²) in [5.74, 6) is 0.758. The second kappa shape index (κ2) is 8.13. The smallest absolute Gasteiger partial charge is 0.119 e. The van der Waals surface area contributed by atoms with Crippen LogP contribution in [0.5, 0.6) is 5.75 Å². The number of hydrogen-bond acceptors (Lipinski definition) is 4. The lowest BCUT2D eigenvalue weighted by atomic mass is 9.96. The maximum Gasteiger partial charge on any atom is 0.119 e. The SMILES string of the molecule is COc1ccc(-n2nc(C(C)(O)CCCO)cc2-c2ccc(Cl)cc2)cc1. The number of nitrogens with zero attached hydrogens (tertiary/aromatic N) is 2. The van der Waals surface area contributed by atoms with Gasteiger partial charge in [0.05, 0.1) is 24.2 Å². The standard InChI is InChI=1S/C21H23ClN2O3/c1-21(26,12-3-13-25)20-14-19(15-4-6-16(22)7-5-15)24(23-20)17-8-10-18(27-2)11-9-17/h4-11,14,25-26H,3,12-13H2,1-2H3. The van der Waals surface area contributed by atoms with Crippen LogP contribution in [0, 0.1) is 0 Å². The zero-order valence-corrected chi connectivity index (χ0v) is 16.1. The van der Waals surface area contributed by atoms with Crippen LogP contribution in [0.2, 0.25) is 5.02 Å². The molecule has 2 aromatic carbocycles. The summed E-state index contributed by atoms with van der Waals surface area (Å²) in [6.45, 7) is 1.74. The molecule has 142 valence electrons. The number of hydrogen-bond donors (Lipinski definition) is 2. The van der Waals surface area contributed by atoms with Crippen molar-refractivity contribution < 1.29 is 14.9 Å². The minimum absolute atomic E-state index is 0.0272. The summed E-state index contributed by atoms with van der Waals surface area (Å²) < 4.78 is 7.03. The number of aliphatic hydroxyl groups is 2. The number of methoxy groups -OCH3 is 1. The molecule has 0 fully saturated rings. The highest BCUT2D eigenvalue weighted by Crippen LogP contribution is 2.32. The molecule has 0 spiro atoms. The molecule has 0 amide bonds. The monoisotopic (exact) mass is 386 g/mol. The van der Waals surface area contributed by atoms with Gasteiger partial charge in [0, 0.05) is 17.2 Å². The summed E-state index contributed by atoms with van der Waals surface area (Å²) >= 11 is 6.02. The maximum absolute atomic E-state index is 10.8. The highest BCUT2D eigenvalue weighted by atomic mass is 35.5. The molecule has 1 aromatic heterocycles. The van der Waals surface area contributed by atoms with Crippen molar-refractivity contribution in [1.29, 1.82) is 0 Å². The van der Waals surface area contributed by atoms with Crippen molar-refractivity contribution in [2.24, 2.45) is 0 Å². The van der Waals surface area contributed by atoms with Crippen LogP contribution in [0.3, 0.4) is 0 Å². The van der Waals surface area contributed by atoms with Gasteiger partial charge < -0.3 is 14.9 Å². The Morgan fingerprint density at radius 2 is 1.78 bits per heavy atom. The van der Waals surface area contributed by atoms with Gasteiger partial charge >= 0.3 is 0 Å². The van der Waals surface area contributed by atoms with Crippen LogP contribution in [-0.4, -0.2) is 33.7 Å². The molecule has 3 rings (SSSR count). The zero-order chi connectivity index (χ0) is 19.4. The van der Waals surface area contributed by atoms with Crippen molar-refractivity contribution in [3.8, 4) is 22.7 Å². The first kappa shape index (κ1) is 19.4. The minimum atomic E-state index is -1.14. The van der Waals surface area contributed by atoms with E-state index < -0.39 is 5.60 Å². The van der Waals surface area contributed by atoms with Crippen LogP contribution in [0.1, 0.15) is 25.5 Å². The van der Waals surface area contributed by atoms with E-state index in [0.29, 0.717) is 23.6 Å². The molecule has 5 nitrogen and oxygen atoms in total. The van der Waals surface area contributed by atoms with Crippen molar-refractivity contribution in [1.82, 2.24) is 9.78 Å². The van der Waals surface area contributed by atoms with Crippen LogP contribution in [0.25, 0.3) is 16.9 Å². The predicted octanol–water partition coefficient (Wildman–Crippen LogP) is 4.18. The quantitative estimate of drug-likeness (QED) is 0.639. The van der Waals surface area contributed by atoms with Gasteiger partial charge in [0.1, 0.15) is 11.4 Å². The van der Waals surface area contributed by atoms with E-state index in [9.17, 15) is 5.11 Å². The van der Waals surface area contributed by atoms with Crippen molar-refractivity contribution in [2.45, 2.75) is 25.4 Å². The van der Waals surface area contributed by atoms with Gasteiger partial charge in [-0.05, 0) is 62.2 Å². The fourth-order valence-electron chi connectivity index (χ4n) is 2.94. The summed E-state index contributed by atoms with van der Waals surface area (Å²) in [5, 5.41) is 25.3. The van der Waals surface area contributed by atoms with E-state index in [1.807, 2.05) is 54.6 Å². The molecular weight excluding hydrogens is 364 g/mol. The van der Waals surface area contributed by atoms with E-state index in [1.54, 1.807) is 18.7 Å². The first-order valence-electron chi connectivity index (χ1n) is 8.79. The fraction of sp³-hybridized carbons (Fsp3) is 0.286. The Hall–Kier alpha value is -2.34. The first-order chi connectivity index (χ1) is 12.9. The highest BCUT2D eigenvalue weighted by Gasteiger charge is 2.27. The van der Waals surface area contributed by atoms with E-state index in [-0.39, 0.29) is 6.61 Å².